The predicted molar refractivity (Wildman–Crippen MR) is 50.8 cm³/mol. The highest BCUT2D eigenvalue weighted by molar-refractivity contribution is 5.03. The fourth-order valence-corrected chi connectivity index (χ4v) is 1.42. The predicted octanol–water partition coefficient (Wildman–Crippen LogP) is 0.936. The Bertz CT molecular complexity index is 178. The third kappa shape index (κ3) is 2.17. The molecule has 0 atom stereocenters. The van der Waals surface area contributed by atoms with Crippen molar-refractivity contribution in [3.8, 4) is 0 Å². The van der Waals surface area contributed by atoms with Crippen molar-refractivity contribution in [2.45, 2.75) is 13.8 Å². The van der Waals surface area contributed by atoms with E-state index in [4.69, 9.17) is 0 Å². The second-order valence-electron chi connectivity index (χ2n) is 2.84. The average Bonchev–Trinajstić information content (AvgIpc) is 2.07. The van der Waals surface area contributed by atoms with E-state index in [0.717, 1.165) is 19.6 Å². The van der Waals surface area contributed by atoms with E-state index in [-0.39, 0.29) is 0 Å². The van der Waals surface area contributed by atoms with Crippen LogP contribution in [-0.2, 0) is 0 Å². The minimum atomic E-state index is 0.670. The van der Waals surface area contributed by atoms with Crippen LogP contribution in [0.5, 0.6) is 0 Å². The van der Waals surface area contributed by atoms with Crippen molar-refractivity contribution >= 4 is 0 Å². The summed E-state index contributed by atoms with van der Waals surface area (Å²) in [6.45, 7) is 7.13. The quantitative estimate of drug-likeness (QED) is 0.610. The first-order chi connectivity index (χ1) is 5.83. The van der Waals surface area contributed by atoms with Gasteiger partial charge in [-0.1, -0.05) is 6.08 Å². The summed E-state index contributed by atoms with van der Waals surface area (Å²) >= 11 is 0. The Balaban J connectivity index is 2.59. The van der Waals surface area contributed by atoms with Gasteiger partial charge in [0, 0.05) is 13.1 Å². The molecule has 1 heterocycles. The Morgan fingerprint density at radius 2 is 1.83 bits per heavy atom. The molecule has 0 aromatic carbocycles. The molecule has 0 aromatic heterocycles. The maximum absolute atomic E-state index is 3.39. The van der Waals surface area contributed by atoms with Crippen molar-refractivity contribution in [1.82, 2.24) is 10.9 Å². The van der Waals surface area contributed by atoms with Gasteiger partial charge in [-0.2, -0.15) is 0 Å². The van der Waals surface area contributed by atoms with Gasteiger partial charge in [-0.05, 0) is 26.0 Å². The summed E-state index contributed by atoms with van der Waals surface area (Å²) in [6, 6.07) is 0. The van der Waals surface area contributed by atoms with Gasteiger partial charge < -0.3 is 0 Å². The zero-order valence-electron chi connectivity index (χ0n) is 7.88. The molecular formula is C9H18N3+. The lowest BCUT2D eigenvalue weighted by molar-refractivity contribution is -0.960. The van der Waals surface area contributed by atoms with Crippen molar-refractivity contribution in [3.63, 3.8) is 0 Å². The molecule has 0 spiro atoms. The van der Waals surface area contributed by atoms with Crippen LogP contribution in [0, 0.1) is 0 Å². The number of hydrogen-bond donors (Lipinski definition) is 2. The van der Waals surface area contributed by atoms with Crippen LogP contribution in [-0.4, -0.2) is 24.3 Å². The third-order valence-corrected chi connectivity index (χ3v) is 1.86. The summed E-state index contributed by atoms with van der Waals surface area (Å²) in [4.78, 5) is 0. The maximum Gasteiger partial charge on any atom is 0.138 e. The Labute approximate surface area is 74.3 Å². The van der Waals surface area contributed by atoms with Crippen LogP contribution < -0.4 is 10.9 Å². The maximum atomic E-state index is 3.39. The molecule has 0 radical (unpaired) electrons. The average molecular weight is 168 g/mol. The van der Waals surface area contributed by atoms with E-state index in [1.165, 1.54) is 0 Å². The van der Waals surface area contributed by atoms with Crippen molar-refractivity contribution in [1.29, 1.82) is 0 Å². The summed E-state index contributed by atoms with van der Waals surface area (Å²) in [5.74, 6) is 0. The molecule has 12 heavy (non-hydrogen) atoms. The minimum absolute atomic E-state index is 0.670. The molecule has 0 saturated heterocycles. The summed E-state index contributed by atoms with van der Waals surface area (Å²) in [5, 5.41) is 0. The summed E-state index contributed by atoms with van der Waals surface area (Å²) < 4.78 is 0.670. The second kappa shape index (κ2) is 4.40. The molecule has 0 amide bonds. The normalized spacial score (nSPS) is 19.8. The Morgan fingerprint density at radius 3 is 2.25 bits per heavy atom. The van der Waals surface area contributed by atoms with Crippen molar-refractivity contribution < 1.29 is 4.70 Å². The number of quaternary nitrogens is 1. The number of hydrogen-bond acceptors (Lipinski definition) is 2. The monoisotopic (exact) mass is 168 g/mol. The van der Waals surface area contributed by atoms with Gasteiger partial charge >= 0.3 is 0 Å². The van der Waals surface area contributed by atoms with E-state index in [1.807, 2.05) is 0 Å². The van der Waals surface area contributed by atoms with Crippen LogP contribution in [0.25, 0.3) is 0 Å². The number of rotatable bonds is 4. The van der Waals surface area contributed by atoms with Crippen LogP contribution in [0.3, 0.4) is 0 Å². The van der Waals surface area contributed by atoms with Gasteiger partial charge in [0.05, 0.1) is 0 Å². The van der Waals surface area contributed by atoms with Crippen molar-refractivity contribution in [3.05, 3.63) is 24.4 Å². The van der Waals surface area contributed by atoms with Crippen molar-refractivity contribution in [2.75, 3.05) is 19.6 Å². The first-order valence-electron chi connectivity index (χ1n) is 4.55. The van der Waals surface area contributed by atoms with E-state index in [9.17, 15) is 0 Å². The van der Waals surface area contributed by atoms with Gasteiger partial charge in [-0.25, -0.2) is 0 Å². The van der Waals surface area contributed by atoms with E-state index in [2.05, 4.69) is 49.1 Å². The second-order valence-corrected chi connectivity index (χ2v) is 2.84. The van der Waals surface area contributed by atoms with Gasteiger partial charge in [-0.3, -0.25) is 0 Å². The molecule has 1 rings (SSSR count). The molecule has 0 bridgehead atoms. The molecule has 0 fully saturated rings. The van der Waals surface area contributed by atoms with Crippen LogP contribution in [0.2, 0.25) is 0 Å². The van der Waals surface area contributed by atoms with Crippen molar-refractivity contribution in [2.24, 2.45) is 0 Å². The molecule has 1 aliphatic heterocycles. The van der Waals surface area contributed by atoms with E-state index in [1.54, 1.807) is 0 Å². The Hall–Kier alpha value is -0.640. The van der Waals surface area contributed by atoms with Crippen LogP contribution in [0.1, 0.15) is 13.8 Å². The van der Waals surface area contributed by atoms with Gasteiger partial charge in [0.25, 0.3) is 0 Å². The number of nitrogens with zero attached hydrogens (tertiary/aromatic N) is 1. The first-order valence-corrected chi connectivity index (χ1v) is 4.55. The molecule has 3 heteroatoms. The van der Waals surface area contributed by atoms with Gasteiger partial charge in [0.1, 0.15) is 12.7 Å². The highest BCUT2D eigenvalue weighted by Gasteiger charge is 2.22. The van der Waals surface area contributed by atoms with Crippen LogP contribution in [0.4, 0.5) is 0 Å². The zero-order valence-corrected chi connectivity index (χ0v) is 7.88. The molecule has 0 aromatic rings. The summed E-state index contributed by atoms with van der Waals surface area (Å²) in [7, 11) is 0. The van der Waals surface area contributed by atoms with E-state index < -0.39 is 0 Å². The smallest absolute Gasteiger partial charge is 0.138 e. The Morgan fingerprint density at radius 1 is 1.17 bits per heavy atom. The molecule has 1 aliphatic rings. The third-order valence-electron chi connectivity index (χ3n) is 1.86. The lowest BCUT2D eigenvalue weighted by Crippen LogP contribution is -2.63. The van der Waals surface area contributed by atoms with Gasteiger partial charge in [0.15, 0.2) is 0 Å². The molecule has 2 N–H and O–H groups in total. The lowest BCUT2D eigenvalue weighted by Gasteiger charge is -2.33. The highest BCUT2D eigenvalue weighted by atomic mass is 15.8. The highest BCUT2D eigenvalue weighted by Crippen LogP contribution is 2.04. The fraction of sp³-hybridized carbons (Fsp3) is 0.556. The summed E-state index contributed by atoms with van der Waals surface area (Å²) in [5.41, 5.74) is 6.77. The number of allylic oxidation sites excluding steroid dienone is 2. The lowest BCUT2D eigenvalue weighted by atomic mass is 10.4. The molecule has 3 nitrogen and oxygen atoms in total. The molecule has 0 saturated carbocycles. The molecule has 68 valence electrons. The van der Waals surface area contributed by atoms with E-state index >= 15 is 0 Å². The standard InChI is InChI=1S/C9H18N3/c1-3-10-12(11-4-2)8-6-5-7-9-12/h5-8,10-11H,3-4,9H2,1-2H3/q+1. The zero-order chi connectivity index (χ0) is 8.86. The van der Waals surface area contributed by atoms with Gasteiger partial charge in [-0.15, -0.1) is 15.6 Å². The van der Waals surface area contributed by atoms with Gasteiger partial charge in [0.2, 0.25) is 0 Å². The fourth-order valence-electron chi connectivity index (χ4n) is 1.42. The molecular weight excluding hydrogens is 150 g/mol. The van der Waals surface area contributed by atoms with Crippen LogP contribution in [0.15, 0.2) is 24.4 Å². The number of nitrogens with one attached hydrogen (secondary N) is 2. The molecule has 0 aliphatic carbocycles. The molecule has 0 unspecified atom stereocenters. The largest absolute Gasteiger partial charge is 0.144 e. The summed E-state index contributed by atoms with van der Waals surface area (Å²) in [6.07, 6.45) is 8.43. The Kier molecular flexibility index (Phi) is 3.47. The van der Waals surface area contributed by atoms with Crippen LogP contribution >= 0.6 is 0 Å². The first kappa shape index (κ1) is 9.45. The van der Waals surface area contributed by atoms with E-state index in [0.29, 0.717) is 4.70 Å². The minimum Gasteiger partial charge on any atom is -0.144 e. The SMILES string of the molecule is CCN[N+]1(NCC)C=CC=CC1. The topological polar surface area (TPSA) is 24.1 Å².